The van der Waals surface area contributed by atoms with Crippen molar-refractivity contribution >= 4 is 5.78 Å². The van der Waals surface area contributed by atoms with Crippen LogP contribution in [-0.4, -0.2) is 15.6 Å². The van der Waals surface area contributed by atoms with E-state index in [4.69, 9.17) is 0 Å². The molecule has 0 aliphatic rings. The van der Waals surface area contributed by atoms with Crippen LogP contribution in [0.3, 0.4) is 0 Å². The van der Waals surface area contributed by atoms with Gasteiger partial charge in [-0.25, -0.2) is 4.68 Å². The van der Waals surface area contributed by atoms with Gasteiger partial charge in [0.1, 0.15) is 5.78 Å². The predicted octanol–water partition coefficient (Wildman–Crippen LogP) is 4.06. The van der Waals surface area contributed by atoms with Gasteiger partial charge in [0.15, 0.2) is 0 Å². The maximum Gasteiger partial charge on any atom is 0.130 e. The Bertz CT molecular complexity index is 775. The lowest BCUT2D eigenvalue weighted by Crippen LogP contribution is -1.94. The summed E-state index contributed by atoms with van der Waals surface area (Å²) < 4.78 is 1.87. The second-order valence-corrected chi connectivity index (χ2v) is 5.41. The number of hydrogen-bond acceptors (Lipinski definition) is 2. The van der Waals surface area contributed by atoms with Gasteiger partial charge in [-0.2, -0.15) is 5.10 Å². The van der Waals surface area contributed by atoms with Crippen LogP contribution < -0.4 is 0 Å². The minimum Gasteiger partial charge on any atom is -0.300 e. The second-order valence-electron chi connectivity index (χ2n) is 5.41. The van der Waals surface area contributed by atoms with Crippen molar-refractivity contribution in [1.82, 2.24) is 9.78 Å². The highest BCUT2D eigenvalue weighted by atomic mass is 16.1. The molecule has 0 saturated carbocycles. The zero-order valence-corrected chi connectivity index (χ0v) is 12.6. The van der Waals surface area contributed by atoms with Gasteiger partial charge in [-0.05, 0) is 36.6 Å². The minimum absolute atomic E-state index is 0.224. The van der Waals surface area contributed by atoms with Gasteiger partial charge in [-0.15, -0.1) is 0 Å². The van der Waals surface area contributed by atoms with Gasteiger partial charge < -0.3 is 4.79 Å². The lowest BCUT2D eigenvalue weighted by atomic mass is 10.0. The average Bonchev–Trinajstić information content (AvgIpc) is 3.04. The molecule has 0 saturated heterocycles. The molecule has 0 N–H and O–H groups in total. The Morgan fingerprint density at radius 2 is 1.86 bits per heavy atom. The Labute approximate surface area is 130 Å². The molecule has 3 nitrogen and oxygen atoms in total. The summed E-state index contributed by atoms with van der Waals surface area (Å²) in [5.41, 5.74) is 4.43. The van der Waals surface area contributed by atoms with Gasteiger partial charge in [0.05, 0.1) is 11.9 Å². The molecule has 110 valence electrons. The lowest BCUT2D eigenvalue weighted by molar-refractivity contribution is -0.116. The first-order valence-electron chi connectivity index (χ1n) is 7.41. The minimum atomic E-state index is 0.224. The van der Waals surface area contributed by atoms with Crippen LogP contribution in [0.5, 0.6) is 0 Å². The van der Waals surface area contributed by atoms with E-state index in [0.717, 1.165) is 23.2 Å². The molecule has 22 heavy (non-hydrogen) atoms. The third kappa shape index (κ3) is 3.31. The number of aryl methyl sites for hydroxylation is 1. The summed E-state index contributed by atoms with van der Waals surface area (Å²) in [5, 5.41) is 4.43. The van der Waals surface area contributed by atoms with E-state index in [0.29, 0.717) is 6.42 Å². The van der Waals surface area contributed by atoms with Crippen molar-refractivity contribution < 1.29 is 4.79 Å². The Kier molecular flexibility index (Phi) is 4.15. The topological polar surface area (TPSA) is 34.9 Å². The van der Waals surface area contributed by atoms with Crippen molar-refractivity contribution in [2.24, 2.45) is 0 Å². The molecule has 3 rings (SSSR count). The van der Waals surface area contributed by atoms with Crippen LogP contribution in [0.1, 0.15) is 18.9 Å². The average molecular weight is 290 g/mol. The van der Waals surface area contributed by atoms with E-state index >= 15 is 0 Å². The van der Waals surface area contributed by atoms with E-state index in [1.807, 2.05) is 53.5 Å². The molecule has 0 aliphatic heterocycles. The molecular formula is C19H18N2O. The Balaban J connectivity index is 1.84. The Morgan fingerprint density at radius 1 is 1.05 bits per heavy atom. The predicted molar refractivity (Wildman–Crippen MR) is 88.0 cm³/mol. The van der Waals surface area contributed by atoms with Crippen molar-refractivity contribution in [2.75, 3.05) is 0 Å². The highest BCUT2D eigenvalue weighted by Gasteiger charge is 2.05. The van der Waals surface area contributed by atoms with Crippen LogP contribution in [0.4, 0.5) is 0 Å². The molecule has 1 aromatic heterocycles. The number of ketones is 1. The van der Waals surface area contributed by atoms with E-state index in [1.54, 1.807) is 6.92 Å². The van der Waals surface area contributed by atoms with E-state index in [-0.39, 0.29) is 5.78 Å². The van der Waals surface area contributed by atoms with Crippen molar-refractivity contribution in [3.63, 3.8) is 0 Å². The molecular weight excluding hydrogens is 272 g/mol. The summed E-state index contributed by atoms with van der Waals surface area (Å²) in [5.74, 6) is 0.224. The Morgan fingerprint density at radius 3 is 2.64 bits per heavy atom. The van der Waals surface area contributed by atoms with Crippen LogP contribution in [0.25, 0.3) is 16.8 Å². The quantitative estimate of drug-likeness (QED) is 0.710. The van der Waals surface area contributed by atoms with Crippen LogP contribution in [-0.2, 0) is 11.2 Å². The molecule has 0 fully saturated rings. The molecule has 0 spiro atoms. The SMILES string of the molecule is CC(=O)CCc1cccc(-c2cnn(-c3ccccc3)c2)c1. The van der Waals surface area contributed by atoms with E-state index in [9.17, 15) is 4.79 Å². The van der Waals surface area contributed by atoms with E-state index < -0.39 is 0 Å². The monoisotopic (exact) mass is 290 g/mol. The second kappa shape index (κ2) is 6.39. The third-order valence-corrected chi connectivity index (χ3v) is 3.63. The molecule has 0 bridgehead atoms. The summed E-state index contributed by atoms with van der Waals surface area (Å²) in [4.78, 5) is 11.1. The molecule has 0 atom stereocenters. The normalized spacial score (nSPS) is 10.6. The lowest BCUT2D eigenvalue weighted by Gasteiger charge is -2.03. The van der Waals surface area contributed by atoms with Gasteiger partial charge in [0, 0.05) is 18.2 Å². The van der Waals surface area contributed by atoms with Crippen LogP contribution in [0, 0.1) is 0 Å². The van der Waals surface area contributed by atoms with Crippen molar-refractivity contribution in [3.05, 3.63) is 72.6 Å². The standard InChI is InChI=1S/C19H18N2O/c1-15(22)10-11-16-6-5-7-17(12-16)18-13-20-21(14-18)19-8-3-2-4-9-19/h2-9,12-14H,10-11H2,1H3. The van der Waals surface area contributed by atoms with E-state index in [1.165, 1.54) is 5.56 Å². The van der Waals surface area contributed by atoms with Gasteiger partial charge >= 0.3 is 0 Å². The molecule has 3 heteroatoms. The fourth-order valence-electron chi connectivity index (χ4n) is 2.42. The zero-order valence-electron chi connectivity index (χ0n) is 12.6. The first-order chi connectivity index (χ1) is 10.7. The summed E-state index contributed by atoms with van der Waals surface area (Å²) in [7, 11) is 0. The number of carbonyl (C=O) groups excluding carboxylic acids is 1. The fourth-order valence-corrected chi connectivity index (χ4v) is 2.42. The summed E-state index contributed by atoms with van der Waals surface area (Å²) in [6, 6.07) is 18.3. The number of Topliss-reactive ketones (excluding diaryl/α,β-unsaturated/α-hetero) is 1. The summed E-state index contributed by atoms with van der Waals surface area (Å²) >= 11 is 0. The molecule has 0 radical (unpaired) electrons. The molecule has 0 unspecified atom stereocenters. The molecule has 3 aromatic rings. The van der Waals surface area contributed by atoms with E-state index in [2.05, 4.69) is 23.3 Å². The zero-order chi connectivity index (χ0) is 15.4. The molecule has 2 aromatic carbocycles. The number of para-hydroxylation sites is 1. The smallest absolute Gasteiger partial charge is 0.130 e. The van der Waals surface area contributed by atoms with Crippen molar-refractivity contribution in [2.45, 2.75) is 19.8 Å². The van der Waals surface area contributed by atoms with Gasteiger partial charge in [-0.1, -0.05) is 42.5 Å². The molecule has 0 aliphatic carbocycles. The van der Waals surface area contributed by atoms with Crippen LogP contribution >= 0.6 is 0 Å². The number of carbonyl (C=O) groups is 1. The first-order valence-corrected chi connectivity index (χ1v) is 7.41. The Hall–Kier alpha value is -2.68. The van der Waals surface area contributed by atoms with Crippen LogP contribution in [0.15, 0.2) is 67.0 Å². The number of aromatic nitrogens is 2. The first kappa shape index (κ1) is 14.3. The van der Waals surface area contributed by atoms with Gasteiger partial charge in [-0.3, -0.25) is 0 Å². The maximum absolute atomic E-state index is 11.1. The maximum atomic E-state index is 11.1. The highest BCUT2D eigenvalue weighted by molar-refractivity contribution is 5.75. The third-order valence-electron chi connectivity index (χ3n) is 3.63. The number of rotatable bonds is 5. The number of nitrogens with zero attached hydrogens (tertiary/aromatic N) is 2. The number of hydrogen-bond donors (Lipinski definition) is 0. The number of benzene rings is 2. The molecule has 0 amide bonds. The largest absolute Gasteiger partial charge is 0.300 e. The van der Waals surface area contributed by atoms with Gasteiger partial charge in [0.2, 0.25) is 0 Å². The van der Waals surface area contributed by atoms with Gasteiger partial charge in [0.25, 0.3) is 0 Å². The van der Waals surface area contributed by atoms with Crippen molar-refractivity contribution in [1.29, 1.82) is 0 Å². The summed E-state index contributed by atoms with van der Waals surface area (Å²) in [6.07, 6.45) is 5.28. The fraction of sp³-hybridized carbons (Fsp3) is 0.158. The van der Waals surface area contributed by atoms with Crippen LogP contribution in [0.2, 0.25) is 0 Å². The van der Waals surface area contributed by atoms with Crippen molar-refractivity contribution in [3.8, 4) is 16.8 Å². The molecule has 1 heterocycles. The highest BCUT2D eigenvalue weighted by Crippen LogP contribution is 2.21. The summed E-state index contributed by atoms with van der Waals surface area (Å²) in [6.45, 7) is 1.63.